The van der Waals surface area contributed by atoms with Gasteiger partial charge in [-0.05, 0) is 32.1 Å². The van der Waals surface area contributed by atoms with Gasteiger partial charge in [-0.25, -0.2) is 0 Å². The third-order valence-corrected chi connectivity index (χ3v) is 4.83. The van der Waals surface area contributed by atoms with Crippen LogP contribution in [0.5, 0.6) is 0 Å². The van der Waals surface area contributed by atoms with Gasteiger partial charge in [-0.2, -0.15) is 5.10 Å². The number of aromatic nitrogens is 2. The van der Waals surface area contributed by atoms with Crippen LogP contribution >= 0.6 is 11.8 Å². The highest BCUT2D eigenvalue weighted by Gasteiger charge is 2.18. The van der Waals surface area contributed by atoms with E-state index in [0.717, 1.165) is 30.3 Å². The first kappa shape index (κ1) is 12.8. The first-order valence-electron chi connectivity index (χ1n) is 6.68. The Morgan fingerprint density at radius 1 is 1.41 bits per heavy atom. The normalized spacial score (nSPS) is 16.8. The Kier molecular flexibility index (Phi) is 4.37. The number of rotatable bonds is 5. The lowest BCUT2D eigenvalue weighted by Crippen LogP contribution is -2.04. The minimum Gasteiger partial charge on any atom is -0.395 e. The van der Waals surface area contributed by atoms with Crippen molar-refractivity contribution in [2.24, 2.45) is 5.92 Å². The summed E-state index contributed by atoms with van der Waals surface area (Å²) in [6.45, 7) is 5.16. The number of hydrogen-bond donors (Lipinski definition) is 1. The fourth-order valence-corrected chi connectivity index (χ4v) is 3.77. The predicted octanol–water partition coefficient (Wildman–Crippen LogP) is 3.47. The third-order valence-electron chi connectivity index (χ3n) is 3.49. The van der Waals surface area contributed by atoms with Gasteiger partial charge in [-0.1, -0.05) is 19.8 Å². The van der Waals surface area contributed by atoms with Crippen molar-refractivity contribution in [2.45, 2.75) is 57.5 Å². The first-order valence-corrected chi connectivity index (χ1v) is 7.66. The monoisotopic (exact) mass is 253 g/mol. The third kappa shape index (κ3) is 2.97. The van der Waals surface area contributed by atoms with E-state index in [4.69, 9.17) is 5.73 Å². The van der Waals surface area contributed by atoms with Gasteiger partial charge in [0, 0.05) is 12.3 Å². The van der Waals surface area contributed by atoms with E-state index < -0.39 is 0 Å². The Balaban J connectivity index is 2.02. The minimum atomic E-state index is 0.890. The van der Waals surface area contributed by atoms with Crippen LogP contribution in [0.25, 0.3) is 0 Å². The van der Waals surface area contributed by atoms with Crippen LogP contribution in [0.15, 0.2) is 5.03 Å². The van der Waals surface area contributed by atoms with Crippen LogP contribution in [0.1, 0.15) is 44.7 Å². The summed E-state index contributed by atoms with van der Waals surface area (Å²) in [6.07, 6.45) is 6.72. The van der Waals surface area contributed by atoms with Crippen LogP contribution in [0.4, 0.5) is 5.69 Å². The van der Waals surface area contributed by atoms with E-state index in [0.29, 0.717) is 0 Å². The Labute approximate surface area is 108 Å². The second-order valence-corrected chi connectivity index (χ2v) is 6.00. The van der Waals surface area contributed by atoms with E-state index in [2.05, 4.69) is 16.7 Å². The maximum Gasteiger partial charge on any atom is 0.117 e. The lowest BCUT2D eigenvalue weighted by atomic mass is 10.1. The van der Waals surface area contributed by atoms with Crippen LogP contribution in [-0.4, -0.2) is 15.5 Å². The lowest BCUT2D eigenvalue weighted by molar-refractivity contribution is 0.554. The van der Waals surface area contributed by atoms with Crippen LogP contribution in [0.2, 0.25) is 0 Å². The summed E-state index contributed by atoms with van der Waals surface area (Å²) >= 11 is 1.91. The predicted molar refractivity (Wildman–Crippen MR) is 74.3 cm³/mol. The number of nitrogen functional groups attached to an aromatic ring is 1. The van der Waals surface area contributed by atoms with Gasteiger partial charge in [0.05, 0.1) is 11.4 Å². The smallest absolute Gasteiger partial charge is 0.117 e. The molecule has 0 radical (unpaired) electrons. The molecule has 1 aromatic rings. The zero-order chi connectivity index (χ0) is 12.3. The Morgan fingerprint density at radius 2 is 2.12 bits per heavy atom. The van der Waals surface area contributed by atoms with Crippen molar-refractivity contribution in [2.75, 3.05) is 11.5 Å². The number of nitrogens with zero attached hydrogens (tertiary/aromatic N) is 2. The molecule has 0 saturated heterocycles. The number of thioether (sulfide) groups is 1. The van der Waals surface area contributed by atoms with E-state index in [1.54, 1.807) is 0 Å². The highest BCUT2D eigenvalue weighted by molar-refractivity contribution is 7.99. The summed E-state index contributed by atoms with van der Waals surface area (Å²) in [5.41, 5.74) is 7.98. The van der Waals surface area contributed by atoms with Gasteiger partial charge in [0.1, 0.15) is 5.03 Å². The van der Waals surface area contributed by atoms with Crippen LogP contribution in [0.3, 0.4) is 0 Å². The molecule has 1 aliphatic rings. The fourth-order valence-electron chi connectivity index (χ4n) is 2.46. The molecule has 1 heterocycles. The molecule has 0 bridgehead atoms. The fraction of sp³-hybridized carbons (Fsp3) is 0.769. The second kappa shape index (κ2) is 5.80. The summed E-state index contributed by atoms with van der Waals surface area (Å²) < 4.78 is 2.09. The van der Waals surface area contributed by atoms with E-state index in [-0.39, 0.29) is 0 Å². The van der Waals surface area contributed by atoms with E-state index in [1.165, 1.54) is 36.5 Å². The number of hydrogen-bond acceptors (Lipinski definition) is 3. The van der Waals surface area contributed by atoms with Crippen LogP contribution < -0.4 is 5.73 Å². The molecule has 1 fully saturated rings. The van der Waals surface area contributed by atoms with Gasteiger partial charge in [-0.3, -0.25) is 4.68 Å². The number of anilines is 1. The molecular formula is C13H23N3S. The second-order valence-electron chi connectivity index (χ2n) is 4.99. The van der Waals surface area contributed by atoms with Gasteiger partial charge in [-0.15, -0.1) is 11.8 Å². The summed E-state index contributed by atoms with van der Waals surface area (Å²) in [7, 11) is 0. The number of nitrogens with two attached hydrogens (primary N) is 1. The standard InChI is InChI=1S/C13H23N3S/c1-3-8-16-13(12(14)10(2)15-16)17-9-11-6-4-5-7-11/h11H,3-9,14H2,1-2H3. The molecular weight excluding hydrogens is 230 g/mol. The number of aryl methyl sites for hydroxylation is 2. The SMILES string of the molecule is CCCn1nc(C)c(N)c1SCC1CCCC1. The highest BCUT2D eigenvalue weighted by Crippen LogP contribution is 2.34. The van der Waals surface area contributed by atoms with Crippen molar-refractivity contribution >= 4 is 17.4 Å². The Morgan fingerprint density at radius 3 is 2.76 bits per heavy atom. The average molecular weight is 253 g/mol. The lowest BCUT2D eigenvalue weighted by Gasteiger charge is -2.10. The van der Waals surface area contributed by atoms with Gasteiger partial charge in [0.25, 0.3) is 0 Å². The molecule has 0 atom stereocenters. The van der Waals surface area contributed by atoms with Crippen LogP contribution in [0, 0.1) is 12.8 Å². The molecule has 0 aromatic carbocycles. The van der Waals surface area contributed by atoms with Crippen molar-refractivity contribution in [3.63, 3.8) is 0 Å². The van der Waals surface area contributed by atoms with Gasteiger partial charge in [0.2, 0.25) is 0 Å². The van der Waals surface area contributed by atoms with E-state index in [1.807, 2.05) is 18.7 Å². The topological polar surface area (TPSA) is 43.8 Å². The van der Waals surface area contributed by atoms with Crippen molar-refractivity contribution in [3.05, 3.63) is 5.69 Å². The minimum absolute atomic E-state index is 0.890. The van der Waals surface area contributed by atoms with E-state index >= 15 is 0 Å². The molecule has 0 unspecified atom stereocenters. The first-order chi connectivity index (χ1) is 8.22. The van der Waals surface area contributed by atoms with Crippen molar-refractivity contribution in [1.82, 2.24) is 9.78 Å². The molecule has 1 aliphatic carbocycles. The summed E-state index contributed by atoms with van der Waals surface area (Å²) in [6, 6.07) is 0. The van der Waals surface area contributed by atoms with Gasteiger partial charge < -0.3 is 5.73 Å². The van der Waals surface area contributed by atoms with Crippen LogP contribution in [-0.2, 0) is 6.54 Å². The van der Waals surface area contributed by atoms with Crippen molar-refractivity contribution in [3.8, 4) is 0 Å². The molecule has 0 amide bonds. The van der Waals surface area contributed by atoms with E-state index in [9.17, 15) is 0 Å². The average Bonchev–Trinajstić information content (AvgIpc) is 2.89. The Bertz CT molecular complexity index is 367. The van der Waals surface area contributed by atoms with Gasteiger partial charge in [0.15, 0.2) is 0 Å². The quantitative estimate of drug-likeness (QED) is 0.817. The maximum atomic E-state index is 6.11. The molecule has 2 N–H and O–H groups in total. The molecule has 1 saturated carbocycles. The summed E-state index contributed by atoms with van der Waals surface area (Å²) in [5, 5.41) is 5.71. The molecule has 17 heavy (non-hydrogen) atoms. The summed E-state index contributed by atoms with van der Waals surface area (Å²) in [5.74, 6) is 2.10. The zero-order valence-corrected chi connectivity index (χ0v) is 11.7. The van der Waals surface area contributed by atoms with Gasteiger partial charge >= 0.3 is 0 Å². The Hall–Kier alpha value is -0.640. The molecule has 2 rings (SSSR count). The molecule has 0 spiro atoms. The highest BCUT2D eigenvalue weighted by atomic mass is 32.2. The molecule has 3 nitrogen and oxygen atoms in total. The summed E-state index contributed by atoms with van der Waals surface area (Å²) in [4.78, 5) is 0. The molecule has 4 heteroatoms. The molecule has 0 aliphatic heterocycles. The molecule has 1 aromatic heterocycles. The largest absolute Gasteiger partial charge is 0.395 e. The molecule has 96 valence electrons. The van der Waals surface area contributed by atoms with Crippen molar-refractivity contribution in [1.29, 1.82) is 0 Å². The zero-order valence-electron chi connectivity index (χ0n) is 10.9. The maximum absolute atomic E-state index is 6.11. The van der Waals surface area contributed by atoms with Crippen molar-refractivity contribution < 1.29 is 0 Å².